The Morgan fingerprint density at radius 2 is 1.77 bits per heavy atom. The van der Waals surface area contributed by atoms with Gasteiger partial charge in [0.1, 0.15) is 5.76 Å². The standard InChI is InChI=1S/C25H26N4O6/c1-16-9-17(2)11-19(10-16)28-23(30)15-35-21-7-6-18(12-22(21)33-3)13-27-29-25(32)24(31)26-14-20-5-4-8-34-20/h4-13H,14-15H2,1-3H3,(H,26,31)(H,28,30)(H,29,32)/b27-13-. The highest BCUT2D eigenvalue weighted by atomic mass is 16.5. The van der Waals surface area contributed by atoms with Crippen LogP contribution in [0, 0.1) is 13.8 Å². The number of hydrogen-bond acceptors (Lipinski definition) is 7. The monoisotopic (exact) mass is 478 g/mol. The summed E-state index contributed by atoms with van der Waals surface area (Å²) in [4.78, 5) is 35.9. The molecule has 0 saturated carbocycles. The van der Waals surface area contributed by atoms with Crippen molar-refractivity contribution in [1.82, 2.24) is 10.7 Å². The van der Waals surface area contributed by atoms with Gasteiger partial charge in [-0.3, -0.25) is 14.4 Å². The van der Waals surface area contributed by atoms with Crippen molar-refractivity contribution in [2.75, 3.05) is 19.0 Å². The van der Waals surface area contributed by atoms with Gasteiger partial charge in [0.05, 0.1) is 26.1 Å². The zero-order valence-corrected chi connectivity index (χ0v) is 19.6. The second-order valence-corrected chi connectivity index (χ2v) is 7.58. The van der Waals surface area contributed by atoms with Crippen molar-refractivity contribution in [2.45, 2.75) is 20.4 Å². The zero-order valence-electron chi connectivity index (χ0n) is 19.6. The summed E-state index contributed by atoms with van der Waals surface area (Å²) in [6, 6.07) is 14.0. The first-order chi connectivity index (χ1) is 16.8. The van der Waals surface area contributed by atoms with Gasteiger partial charge in [-0.15, -0.1) is 0 Å². The third-order valence-corrected chi connectivity index (χ3v) is 4.64. The van der Waals surface area contributed by atoms with Crippen molar-refractivity contribution < 1.29 is 28.3 Å². The first-order valence-electron chi connectivity index (χ1n) is 10.7. The molecule has 10 nitrogen and oxygen atoms in total. The van der Waals surface area contributed by atoms with Crippen LogP contribution >= 0.6 is 0 Å². The quantitative estimate of drug-likeness (QED) is 0.246. The molecule has 0 aliphatic carbocycles. The molecule has 2 aromatic carbocycles. The first kappa shape index (κ1) is 25.0. The van der Waals surface area contributed by atoms with Crippen LogP contribution in [0.1, 0.15) is 22.5 Å². The van der Waals surface area contributed by atoms with E-state index in [1.165, 1.54) is 19.6 Å². The van der Waals surface area contributed by atoms with Crippen LogP contribution in [0.3, 0.4) is 0 Å². The Labute approximate surface area is 202 Å². The van der Waals surface area contributed by atoms with Crippen molar-refractivity contribution in [2.24, 2.45) is 5.10 Å². The fraction of sp³-hybridized carbons (Fsp3) is 0.200. The summed E-state index contributed by atoms with van der Waals surface area (Å²) in [5.74, 6) is -0.826. The number of carbonyl (C=O) groups is 3. The molecule has 182 valence electrons. The molecular formula is C25H26N4O6. The lowest BCUT2D eigenvalue weighted by Crippen LogP contribution is -2.37. The number of ether oxygens (including phenoxy) is 2. The van der Waals surface area contributed by atoms with Crippen molar-refractivity contribution in [3.8, 4) is 11.5 Å². The van der Waals surface area contributed by atoms with E-state index in [0.717, 1.165) is 11.1 Å². The largest absolute Gasteiger partial charge is 0.493 e. The molecule has 3 N–H and O–H groups in total. The lowest BCUT2D eigenvalue weighted by atomic mass is 10.1. The Bertz CT molecular complexity index is 1200. The van der Waals surface area contributed by atoms with Gasteiger partial charge >= 0.3 is 11.8 Å². The molecule has 10 heteroatoms. The molecule has 3 amide bonds. The Kier molecular flexibility index (Phi) is 8.60. The Morgan fingerprint density at radius 3 is 2.46 bits per heavy atom. The summed E-state index contributed by atoms with van der Waals surface area (Å²) in [5, 5.41) is 9.00. The van der Waals surface area contributed by atoms with Crippen LogP contribution in [0.4, 0.5) is 5.69 Å². The topological polar surface area (TPSA) is 131 Å². The number of aryl methyl sites for hydroxylation is 2. The van der Waals surface area contributed by atoms with E-state index in [9.17, 15) is 14.4 Å². The van der Waals surface area contributed by atoms with Crippen LogP contribution in [0.5, 0.6) is 11.5 Å². The average molecular weight is 479 g/mol. The Morgan fingerprint density at radius 1 is 1.00 bits per heavy atom. The molecule has 0 bridgehead atoms. The minimum absolute atomic E-state index is 0.0876. The predicted molar refractivity (Wildman–Crippen MR) is 129 cm³/mol. The van der Waals surface area contributed by atoms with E-state index >= 15 is 0 Å². The van der Waals surface area contributed by atoms with Crippen LogP contribution in [0.25, 0.3) is 0 Å². The number of amides is 3. The number of methoxy groups -OCH3 is 1. The summed E-state index contributed by atoms with van der Waals surface area (Å²) in [5.41, 5.74) is 5.52. The van der Waals surface area contributed by atoms with Crippen molar-refractivity contribution >= 4 is 29.6 Å². The molecule has 3 rings (SSSR count). The van der Waals surface area contributed by atoms with Gasteiger partial charge in [0, 0.05) is 5.69 Å². The molecular weight excluding hydrogens is 452 g/mol. The molecule has 0 saturated heterocycles. The molecule has 0 radical (unpaired) electrons. The van der Waals surface area contributed by atoms with E-state index in [1.54, 1.807) is 30.3 Å². The van der Waals surface area contributed by atoms with Crippen LogP contribution in [0.15, 0.2) is 64.3 Å². The van der Waals surface area contributed by atoms with Gasteiger partial charge in [-0.2, -0.15) is 5.10 Å². The average Bonchev–Trinajstić information content (AvgIpc) is 3.34. The van der Waals surface area contributed by atoms with Crippen molar-refractivity contribution in [3.05, 3.63) is 77.2 Å². The van der Waals surface area contributed by atoms with E-state index in [-0.39, 0.29) is 19.1 Å². The second kappa shape index (κ2) is 12.0. The van der Waals surface area contributed by atoms with Gasteiger partial charge < -0.3 is 24.5 Å². The van der Waals surface area contributed by atoms with Gasteiger partial charge in [-0.05, 0) is 73.0 Å². The fourth-order valence-corrected chi connectivity index (χ4v) is 3.15. The minimum Gasteiger partial charge on any atom is -0.493 e. The highest BCUT2D eigenvalue weighted by Gasteiger charge is 2.13. The van der Waals surface area contributed by atoms with Gasteiger partial charge in [-0.1, -0.05) is 6.07 Å². The molecule has 0 fully saturated rings. The van der Waals surface area contributed by atoms with E-state index in [1.807, 2.05) is 32.0 Å². The van der Waals surface area contributed by atoms with Gasteiger partial charge in [-0.25, -0.2) is 5.43 Å². The maximum atomic E-state index is 12.3. The highest BCUT2D eigenvalue weighted by Crippen LogP contribution is 2.27. The smallest absolute Gasteiger partial charge is 0.329 e. The molecule has 0 spiro atoms. The maximum absolute atomic E-state index is 12.3. The van der Waals surface area contributed by atoms with E-state index < -0.39 is 11.8 Å². The predicted octanol–water partition coefficient (Wildman–Crippen LogP) is 2.69. The Balaban J connectivity index is 1.50. The molecule has 0 atom stereocenters. The summed E-state index contributed by atoms with van der Waals surface area (Å²) in [6.45, 7) is 3.79. The Hall–Kier alpha value is -4.60. The normalized spacial score (nSPS) is 10.6. The van der Waals surface area contributed by atoms with Crippen LogP contribution in [-0.2, 0) is 20.9 Å². The fourth-order valence-electron chi connectivity index (χ4n) is 3.15. The van der Waals surface area contributed by atoms with Gasteiger partial charge in [0.25, 0.3) is 5.91 Å². The molecule has 3 aromatic rings. The number of anilines is 1. The number of hydrazone groups is 1. The lowest BCUT2D eigenvalue weighted by Gasteiger charge is -2.12. The molecule has 1 heterocycles. The highest BCUT2D eigenvalue weighted by molar-refractivity contribution is 6.35. The second-order valence-electron chi connectivity index (χ2n) is 7.58. The maximum Gasteiger partial charge on any atom is 0.329 e. The summed E-state index contributed by atoms with van der Waals surface area (Å²) >= 11 is 0. The third kappa shape index (κ3) is 7.74. The van der Waals surface area contributed by atoms with E-state index in [4.69, 9.17) is 13.9 Å². The van der Waals surface area contributed by atoms with Crippen molar-refractivity contribution in [3.63, 3.8) is 0 Å². The molecule has 0 aliphatic rings. The molecule has 1 aromatic heterocycles. The molecule has 0 unspecified atom stereocenters. The van der Waals surface area contributed by atoms with Crippen LogP contribution in [-0.4, -0.2) is 37.7 Å². The number of benzene rings is 2. The van der Waals surface area contributed by atoms with E-state index in [0.29, 0.717) is 28.5 Å². The zero-order chi connectivity index (χ0) is 25.2. The van der Waals surface area contributed by atoms with E-state index in [2.05, 4.69) is 21.2 Å². The molecule has 35 heavy (non-hydrogen) atoms. The number of hydrogen-bond donors (Lipinski definition) is 3. The number of nitrogens with one attached hydrogen (secondary N) is 3. The number of rotatable bonds is 9. The summed E-state index contributed by atoms with van der Waals surface area (Å²) in [7, 11) is 1.46. The third-order valence-electron chi connectivity index (χ3n) is 4.64. The van der Waals surface area contributed by atoms with Gasteiger partial charge in [0.2, 0.25) is 0 Å². The number of nitrogens with zero attached hydrogens (tertiary/aromatic N) is 1. The SMILES string of the molecule is COc1cc(/C=N\NC(=O)C(=O)NCc2ccco2)ccc1OCC(=O)Nc1cc(C)cc(C)c1. The van der Waals surface area contributed by atoms with Crippen molar-refractivity contribution in [1.29, 1.82) is 0 Å². The number of carbonyl (C=O) groups excluding carboxylic acids is 3. The first-order valence-corrected chi connectivity index (χ1v) is 10.7. The van der Waals surface area contributed by atoms with Gasteiger partial charge in [0.15, 0.2) is 18.1 Å². The minimum atomic E-state index is -0.922. The number of furan rings is 1. The summed E-state index contributed by atoms with van der Waals surface area (Å²) in [6.07, 6.45) is 2.81. The molecule has 0 aliphatic heterocycles. The van der Waals surface area contributed by atoms with Crippen LogP contribution in [0.2, 0.25) is 0 Å². The lowest BCUT2D eigenvalue weighted by molar-refractivity contribution is -0.139. The summed E-state index contributed by atoms with van der Waals surface area (Å²) < 4.78 is 16.0. The van der Waals surface area contributed by atoms with Crippen LogP contribution < -0.4 is 25.5 Å².